The molecule has 0 aliphatic carbocycles. The Hall–Kier alpha value is -1.87. The summed E-state index contributed by atoms with van der Waals surface area (Å²) < 4.78 is 6.26. The lowest BCUT2D eigenvalue weighted by Gasteiger charge is -2.04. The Labute approximate surface area is 98.5 Å². The molecule has 0 aliphatic rings. The van der Waals surface area contributed by atoms with Crippen LogP contribution < -0.4 is 11.2 Å². The number of hydrogen-bond acceptors (Lipinski definition) is 4. The number of nitrogens with one attached hydrogen (secondary N) is 1. The first-order chi connectivity index (χ1) is 8.19. The fourth-order valence-corrected chi connectivity index (χ4v) is 1.46. The van der Waals surface area contributed by atoms with E-state index in [-0.39, 0.29) is 5.56 Å². The van der Waals surface area contributed by atoms with Gasteiger partial charge in [0.2, 0.25) is 0 Å². The lowest BCUT2D eigenvalue weighted by molar-refractivity contribution is 0.191. The van der Waals surface area contributed by atoms with Crippen molar-refractivity contribution in [3.8, 4) is 6.07 Å². The van der Waals surface area contributed by atoms with E-state index in [9.17, 15) is 9.59 Å². The van der Waals surface area contributed by atoms with Crippen LogP contribution in [0.1, 0.15) is 24.8 Å². The number of nitrogens with zero attached hydrogens (tertiary/aromatic N) is 2. The van der Waals surface area contributed by atoms with Crippen LogP contribution in [0.25, 0.3) is 0 Å². The predicted octanol–water partition coefficient (Wildman–Crippen LogP) is 0.225. The van der Waals surface area contributed by atoms with Crippen molar-refractivity contribution in [2.45, 2.75) is 25.8 Å². The van der Waals surface area contributed by atoms with E-state index in [1.54, 1.807) is 13.2 Å². The lowest BCUT2D eigenvalue weighted by atomic mass is 10.2. The van der Waals surface area contributed by atoms with E-state index in [1.807, 2.05) is 0 Å². The summed E-state index contributed by atoms with van der Waals surface area (Å²) in [5.74, 6) is 0. The Morgan fingerprint density at radius 3 is 2.82 bits per heavy atom. The molecule has 17 heavy (non-hydrogen) atoms. The molecule has 6 heteroatoms. The highest BCUT2D eigenvalue weighted by Crippen LogP contribution is 1.97. The lowest BCUT2D eigenvalue weighted by Crippen LogP contribution is -2.31. The summed E-state index contributed by atoms with van der Waals surface area (Å²) in [7, 11) is 1.64. The van der Waals surface area contributed by atoms with Gasteiger partial charge < -0.3 is 4.74 Å². The average Bonchev–Trinajstić information content (AvgIpc) is 2.31. The standard InChI is InChI=1S/C11H15N3O3/c1-17-6-4-2-3-5-14-8-9(7-12)10(15)13-11(14)16/h8H,2-6H2,1H3,(H,13,15,16). The first kappa shape index (κ1) is 13.2. The van der Waals surface area contributed by atoms with Crippen molar-refractivity contribution < 1.29 is 4.74 Å². The van der Waals surface area contributed by atoms with Crippen LogP contribution in [-0.2, 0) is 11.3 Å². The van der Waals surface area contributed by atoms with E-state index >= 15 is 0 Å². The van der Waals surface area contributed by atoms with Crippen molar-refractivity contribution in [2.75, 3.05) is 13.7 Å². The number of ether oxygens (including phenoxy) is 1. The molecule has 0 amide bonds. The van der Waals surface area contributed by atoms with Crippen LogP contribution in [0.3, 0.4) is 0 Å². The number of unbranched alkanes of at least 4 members (excludes halogenated alkanes) is 2. The molecule has 1 rings (SSSR count). The van der Waals surface area contributed by atoms with Gasteiger partial charge in [0, 0.05) is 26.5 Å². The fourth-order valence-electron chi connectivity index (χ4n) is 1.46. The van der Waals surface area contributed by atoms with E-state index < -0.39 is 11.2 Å². The minimum absolute atomic E-state index is 0.0403. The molecular weight excluding hydrogens is 222 g/mol. The number of methoxy groups -OCH3 is 1. The van der Waals surface area contributed by atoms with Gasteiger partial charge in [-0.3, -0.25) is 14.3 Å². The van der Waals surface area contributed by atoms with Crippen LogP contribution in [0.4, 0.5) is 0 Å². The van der Waals surface area contributed by atoms with Gasteiger partial charge in [-0.2, -0.15) is 5.26 Å². The number of aromatic nitrogens is 2. The van der Waals surface area contributed by atoms with E-state index in [2.05, 4.69) is 4.98 Å². The van der Waals surface area contributed by atoms with Crippen molar-refractivity contribution in [2.24, 2.45) is 0 Å². The maximum absolute atomic E-state index is 11.4. The second-order valence-electron chi connectivity index (χ2n) is 3.66. The van der Waals surface area contributed by atoms with E-state index in [1.165, 1.54) is 10.8 Å². The molecule has 1 aromatic heterocycles. The second-order valence-corrected chi connectivity index (χ2v) is 3.66. The zero-order chi connectivity index (χ0) is 12.7. The Bertz CT molecular complexity index is 510. The third-order valence-corrected chi connectivity index (χ3v) is 2.38. The SMILES string of the molecule is COCCCCCn1cc(C#N)c(=O)[nH]c1=O. The first-order valence-corrected chi connectivity index (χ1v) is 5.42. The fraction of sp³-hybridized carbons (Fsp3) is 0.545. The summed E-state index contributed by atoms with van der Waals surface area (Å²) in [6.45, 7) is 1.19. The maximum Gasteiger partial charge on any atom is 0.328 e. The summed E-state index contributed by atoms with van der Waals surface area (Å²) in [6, 6.07) is 1.75. The molecule has 1 aromatic rings. The molecule has 0 bridgehead atoms. The van der Waals surface area contributed by atoms with Crippen molar-refractivity contribution in [1.29, 1.82) is 5.26 Å². The van der Waals surface area contributed by atoms with Gasteiger partial charge in [0.1, 0.15) is 11.6 Å². The summed E-state index contributed by atoms with van der Waals surface area (Å²) in [6.07, 6.45) is 3.97. The zero-order valence-electron chi connectivity index (χ0n) is 9.73. The normalized spacial score (nSPS) is 10.1. The highest BCUT2D eigenvalue weighted by Gasteiger charge is 2.03. The summed E-state index contributed by atoms with van der Waals surface area (Å²) in [5, 5.41) is 8.67. The van der Waals surface area contributed by atoms with Gasteiger partial charge in [-0.1, -0.05) is 0 Å². The molecular formula is C11H15N3O3. The molecule has 1 heterocycles. The molecule has 0 fully saturated rings. The van der Waals surface area contributed by atoms with Crippen LogP contribution in [-0.4, -0.2) is 23.3 Å². The van der Waals surface area contributed by atoms with Crippen molar-refractivity contribution in [3.05, 3.63) is 32.6 Å². The van der Waals surface area contributed by atoms with Crippen molar-refractivity contribution in [1.82, 2.24) is 9.55 Å². The Kier molecular flexibility index (Phi) is 5.17. The second kappa shape index (κ2) is 6.66. The monoisotopic (exact) mass is 237 g/mol. The van der Waals surface area contributed by atoms with Gasteiger partial charge in [0.05, 0.1) is 0 Å². The minimum Gasteiger partial charge on any atom is -0.385 e. The van der Waals surface area contributed by atoms with E-state index in [0.29, 0.717) is 13.2 Å². The van der Waals surface area contributed by atoms with Gasteiger partial charge in [0.15, 0.2) is 0 Å². The van der Waals surface area contributed by atoms with Gasteiger partial charge in [-0.05, 0) is 19.3 Å². The Balaban J connectivity index is 2.63. The highest BCUT2D eigenvalue weighted by molar-refractivity contribution is 5.21. The zero-order valence-corrected chi connectivity index (χ0v) is 9.73. The summed E-state index contributed by atoms with van der Waals surface area (Å²) >= 11 is 0. The van der Waals surface area contributed by atoms with Crippen molar-refractivity contribution in [3.63, 3.8) is 0 Å². The number of rotatable bonds is 6. The highest BCUT2D eigenvalue weighted by atomic mass is 16.5. The van der Waals surface area contributed by atoms with E-state index in [0.717, 1.165) is 19.3 Å². The molecule has 0 spiro atoms. The smallest absolute Gasteiger partial charge is 0.328 e. The van der Waals surface area contributed by atoms with E-state index in [4.69, 9.17) is 10.00 Å². The Morgan fingerprint density at radius 2 is 2.18 bits per heavy atom. The quantitative estimate of drug-likeness (QED) is 0.717. The first-order valence-electron chi connectivity index (χ1n) is 5.42. The van der Waals surface area contributed by atoms with Gasteiger partial charge >= 0.3 is 5.69 Å². The van der Waals surface area contributed by atoms with Crippen LogP contribution in [0.5, 0.6) is 0 Å². The molecule has 0 unspecified atom stereocenters. The largest absolute Gasteiger partial charge is 0.385 e. The molecule has 6 nitrogen and oxygen atoms in total. The van der Waals surface area contributed by atoms with Gasteiger partial charge in [0.25, 0.3) is 5.56 Å². The number of aryl methyl sites for hydroxylation is 1. The summed E-state index contributed by atoms with van der Waals surface area (Å²) in [4.78, 5) is 24.6. The van der Waals surface area contributed by atoms with Crippen LogP contribution in [0.2, 0.25) is 0 Å². The molecule has 0 aliphatic heterocycles. The molecule has 92 valence electrons. The maximum atomic E-state index is 11.4. The number of aromatic amines is 1. The Morgan fingerprint density at radius 1 is 1.41 bits per heavy atom. The van der Waals surface area contributed by atoms with Crippen LogP contribution in [0.15, 0.2) is 15.8 Å². The number of hydrogen-bond donors (Lipinski definition) is 1. The van der Waals surface area contributed by atoms with Crippen LogP contribution in [0, 0.1) is 11.3 Å². The molecule has 0 saturated heterocycles. The third-order valence-electron chi connectivity index (χ3n) is 2.38. The van der Waals surface area contributed by atoms with Crippen molar-refractivity contribution >= 4 is 0 Å². The van der Waals surface area contributed by atoms with Gasteiger partial charge in [-0.15, -0.1) is 0 Å². The topological polar surface area (TPSA) is 87.9 Å². The predicted molar refractivity (Wildman–Crippen MR) is 61.8 cm³/mol. The van der Waals surface area contributed by atoms with Crippen LogP contribution >= 0.6 is 0 Å². The number of nitriles is 1. The third kappa shape index (κ3) is 3.89. The van der Waals surface area contributed by atoms with Gasteiger partial charge in [-0.25, -0.2) is 4.79 Å². The molecule has 0 saturated carbocycles. The number of H-pyrrole nitrogens is 1. The minimum atomic E-state index is -0.631. The summed E-state index contributed by atoms with van der Waals surface area (Å²) in [5.41, 5.74) is -1.14. The molecule has 0 aromatic carbocycles. The molecule has 1 N–H and O–H groups in total. The molecule has 0 atom stereocenters. The average molecular weight is 237 g/mol. The molecule has 0 radical (unpaired) electrons.